The summed E-state index contributed by atoms with van der Waals surface area (Å²) in [6.07, 6.45) is 7.61. The minimum atomic E-state index is -4.09. The van der Waals surface area contributed by atoms with E-state index in [-0.39, 0.29) is 17.5 Å². The summed E-state index contributed by atoms with van der Waals surface area (Å²) in [5.74, 6) is 0.758. The van der Waals surface area contributed by atoms with Gasteiger partial charge >= 0.3 is 5.51 Å². The maximum absolute atomic E-state index is 11.9. The van der Waals surface area contributed by atoms with Crippen LogP contribution in [0.3, 0.4) is 0 Å². The number of thioether (sulfide) groups is 1. The fourth-order valence-electron chi connectivity index (χ4n) is 2.43. The first-order chi connectivity index (χ1) is 7.99. The quantitative estimate of drug-likeness (QED) is 0.593. The zero-order chi connectivity index (χ0) is 12.7. The molecular formula is C12H22F3NS. The lowest BCUT2D eigenvalue weighted by Crippen LogP contribution is -2.35. The molecule has 1 N–H and O–H groups in total. The Labute approximate surface area is 106 Å². The third-order valence-electron chi connectivity index (χ3n) is 3.44. The third-order valence-corrected chi connectivity index (χ3v) is 4.18. The van der Waals surface area contributed by atoms with Crippen molar-refractivity contribution in [3.63, 3.8) is 0 Å². The molecule has 0 aliphatic heterocycles. The van der Waals surface area contributed by atoms with Gasteiger partial charge in [-0.1, -0.05) is 25.7 Å². The van der Waals surface area contributed by atoms with Gasteiger partial charge in [0, 0.05) is 18.3 Å². The highest BCUT2D eigenvalue weighted by atomic mass is 32.2. The molecule has 0 saturated heterocycles. The van der Waals surface area contributed by atoms with Crippen molar-refractivity contribution in [2.45, 2.75) is 57.0 Å². The second kappa shape index (κ2) is 7.52. The van der Waals surface area contributed by atoms with Gasteiger partial charge in [0.2, 0.25) is 0 Å². The van der Waals surface area contributed by atoms with Crippen LogP contribution in [-0.2, 0) is 0 Å². The summed E-state index contributed by atoms with van der Waals surface area (Å²) < 4.78 is 35.8. The summed E-state index contributed by atoms with van der Waals surface area (Å²) >= 11 is 0.0638. The summed E-state index contributed by atoms with van der Waals surface area (Å²) in [7, 11) is 0. The summed E-state index contributed by atoms with van der Waals surface area (Å²) in [5.41, 5.74) is -4.09. The van der Waals surface area contributed by atoms with Crippen molar-refractivity contribution >= 4 is 11.8 Å². The summed E-state index contributed by atoms with van der Waals surface area (Å²) in [5, 5.41) is 3.23. The first-order valence-corrected chi connectivity index (χ1v) is 7.41. The van der Waals surface area contributed by atoms with Gasteiger partial charge in [-0.15, -0.1) is 0 Å². The van der Waals surface area contributed by atoms with Crippen molar-refractivity contribution in [3.8, 4) is 0 Å². The van der Waals surface area contributed by atoms with Crippen LogP contribution in [0.4, 0.5) is 13.2 Å². The Morgan fingerprint density at radius 1 is 1.18 bits per heavy atom. The number of rotatable bonds is 5. The minimum Gasteiger partial charge on any atom is -0.313 e. The standard InChI is InChI=1S/C12H22F3NS/c1-10(11-6-4-2-3-5-7-11)16-8-9-17-12(13,14)15/h10-11,16H,2-9H2,1H3/t10-/m1/s1. The number of alkyl halides is 3. The van der Waals surface area contributed by atoms with Crippen molar-refractivity contribution in [1.82, 2.24) is 5.32 Å². The van der Waals surface area contributed by atoms with Gasteiger partial charge in [-0.2, -0.15) is 13.2 Å². The van der Waals surface area contributed by atoms with E-state index in [0.29, 0.717) is 18.5 Å². The molecule has 1 aliphatic rings. The lowest BCUT2D eigenvalue weighted by atomic mass is 9.93. The SMILES string of the molecule is C[C@@H](NCCSC(F)(F)F)C1CCCCCC1. The minimum absolute atomic E-state index is 0.0638. The van der Waals surface area contributed by atoms with Crippen LogP contribution in [-0.4, -0.2) is 23.8 Å². The highest BCUT2D eigenvalue weighted by Crippen LogP contribution is 2.29. The maximum atomic E-state index is 11.9. The van der Waals surface area contributed by atoms with E-state index in [1.165, 1.54) is 38.5 Å². The van der Waals surface area contributed by atoms with Gasteiger partial charge in [0.05, 0.1) is 0 Å². The molecule has 0 bridgehead atoms. The molecule has 0 unspecified atom stereocenters. The van der Waals surface area contributed by atoms with Crippen molar-refractivity contribution < 1.29 is 13.2 Å². The molecule has 17 heavy (non-hydrogen) atoms. The van der Waals surface area contributed by atoms with Crippen LogP contribution in [0.1, 0.15) is 45.4 Å². The smallest absolute Gasteiger partial charge is 0.313 e. The Hall–Kier alpha value is 0.100. The Bertz CT molecular complexity index is 200. The van der Waals surface area contributed by atoms with Crippen LogP contribution in [0, 0.1) is 5.92 Å². The first kappa shape index (κ1) is 15.2. The molecule has 0 aromatic carbocycles. The van der Waals surface area contributed by atoms with Crippen LogP contribution >= 0.6 is 11.8 Å². The zero-order valence-corrected chi connectivity index (χ0v) is 11.2. The molecule has 102 valence electrons. The Balaban J connectivity index is 2.13. The Morgan fingerprint density at radius 2 is 1.76 bits per heavy atom. The van der Waals surface area contributed by atoms with Gasteiger partial charge in [0.25, 0.3) is 0 Å². The molecule has 0 aromatic heterocycles. The normalized spacial score (nSPS) is 21.2. The van der Waals surface area contributed by atoms with E-state index in [4.69, 9.17) is 0 Å². The summed E-state index contributed by atoms with van der Waals surface area (Å²) in [6.45, 7) is 2.55. The molecule has 1 aliphatic carbocycles. The van der Waals surface area contributed by atoms with Crippen LogP contribution < -0.4 is 5.32 Å². The van der Waals surface area contributed by atoms with E-state index >= 15 is 0 Å². The average Bonchev–Trinajstić information content (AvgIpc) is 2.51. The molecule has 0 aromatic rings. The predicted molar refractivity (Wildman–Crippen MR) is 67.2 cm³/mol. The first-order valence-electron chi connectivity index (χ1n) is 6.43. The molecule has 1 atom stereocenters. The van der Waals surface area contributed by atoms with Crippen molar-refractivity contribution in [2.75, 3.05) is 12.3 Å². The Kier molecular flexibility index (Phi) is 6.70. The van der Waals surface area contributed by atoms with Crippen LogP contribution in [0.15, 0.2) is 0 Å². The van der Waals surface area contributed by atoms with Gasteiger partial charge in [-0.3, -0.25) is 0 Å². The molecule has 0 amide bonds. The van der Waals surface area contributed by atoms with Crippen molar-refractivity contribution in [3.05, 3.63) is 0 Å². The molecule has 0 spiro atoms. The predicted octanol–water partition coefficient (Wildman–Crippen LogP) is 4.19. The Morgan fingerprint density at radius 3 is 2.29 bits per heavy atom. The van der Waals surface area contributed by atoms with Crippen molar-refractivity contribution in [2.24, 2.45) is 5.92 Å². The topological polar surface area (TPSA) is 12.0 Å². The van der Waals surface area contributed by atoms with Gasteiger partial charge in [-0.25, -0.2) is 0 Å². The molecule has 1 rings (SSSR count). The molecule has 0 radical (unpaired) electrons. The lowest BCUT2D eigenvalue weighted by molar-refractivity contribution is -0.0327. The summed E-state index contributed by atoms with van der Waals surface area (Å²) in [6, 6.07) is 0.349. The van der Waals surface area contributed by atoms with E-state index in [1.807, 2.05) is 0 Å². The van der Waals surface area contributed by atoms with Gasteiger partial charge < -0.3 is 5.32 Å². The monoisotopic (exact) mass is 269 g/mol. The molecule has 0 heterocycles. The largest absolute Gasteiger partial charge is 0.441 e. The maximum Gasteiger partial charge on any atom is 0.441 e. The fourth-order valence-corrected chi connectivity index (χ4v) is 2.88. The van der Waals surface area contributed by atoms with Gasteiger partial charge in [0.1, 0.15) is 0 Å². The van der Waals surface area contributed by atoms with Crippen LogP contribution in [0.5, 0.6) is 0 Å². The number of nitrogens with one attached hydrogen (secondary N) is 1. The molecule has 5 heteroatoms. The third kappa shape index (κ3) is 7.19. The highest BCUT2D eigenvalue weighted by molar-refractivity contribution is 8.00. The second-order valence-corrected chi connectivity index (χ2v) is 5.95. The zero-order valence-electron chi connectivity index (χ0n) is 10.4. The van der Waals surface area contributed by atoms with E-state index < -0.39 is 5.51 Å². The number of hydrogen-bond donors (Lipinski definition) is 1. The second-order valence-electron chi connectivity index (χ2n) is 4.79. The highest BCUT2D eigenvalue weighted by Gasteiger charge is 2.27. The van der Waals surface area contributed by atoms with Gasteiger partial charge in [0.15, 0.2) is 0 Å². The average molecular weight is 269 g/mol. The molecule has 1 saturated carbocycles. The molecule has 1 nitrogen and oxygen atoms in total. The molecular weight excluding hydrogens is 247 g/mol. The van der Waals surface area contributed by atoms with Crippen LogP contribution in [0.25, 0.3) is 0 Å². The lowest BCUT2D eigenvalue weighted by Gasteiger charge is -2.23. The van der Waals surface area contributed by atoms with Gasteiger partial charge in [-0.05, 0) is 37.4 Å². The fraction of sp³-hybridized carbons (Fsp3) is 1.00. The van der Waals surface area contributed by atoms with E-state index in [9.17, 15) is 13.2 Å². The van der Waals surface area contributed by atoms with Crippen molar-refractivity contribution in [1.29, 1.82) is 0 Å². The van der Waals surface area contributed by atoms with E-state index in [2.05, 4.69) is 12.2 Å². The van der Waals surface area contributed by atoms with Crippen LogP contribution in [0.2, 0.25) is 0 Å². The summed E-state index contributed by atoms with van der Waals surface area (Å²) in [4.78, 5) is 0. The van der Waals surface area contributed by atoms with E-state index in [1.54, 1.807) is 0 Å². The molecule has 1 fully saturated rings. The number of hydrogen-bond acceptors (Lipinski definition) is 2. The number of halogens is 3. The van der Waals surface area contributed by atoms with E-state index in [0.717, 1.165) is 0 Å².